The third-order valence-electron chi connectivity index (χ3n) is 12.7. The molecule has 0 spiro atoms. The van der Waals surface area contributed by atoms with Crippen LogP contribution in [0.1, 0.15) is 0 Å². The van der Waals surface area contributed by atoms with Gasteiger partial charge in [0.25, 0.3) is 0 Å². The maximum atomic E-state index is 6.52. The fraction of sp³-hybridized carbons (Fsp3) is 0. The molecule has 3 aromatic heterocycles. The lowest BCUT2D eigenvalue weighted by Gasteiger charge is -2.10. The van der Waals surface area contributed by atoms with Gasteiger partial charge in [-0.3, -0.25) is 0 Å². The largest absolute Gasteiger partial charge is 0.455 e. The minimum absolute atomic E-state index is 0.908. The van der Waals surface area contributed by atoms with Crippen LogP contribution in [0.2, 0.25) is 0 Å². The minimum Gasteiger partial charge on any atom is -0.455 e. The van der Waals surface area contributed by atoms with Crippen molar-refractivity contribution in [1.29, 1.82) is 0 Å². The number of benzene rings is 10. The van der Waals surface area contributed by atoms with Gasteiger partial charge in [-0.1, -0.05) is 146 Å². The summed E-state index contributed by atoms with van der Waals surface area (Å²) in [4.78, 5) is 0. The Labute approximate surface area is 351 Å². The maximum Gasteiger partial charge on any atom is 0.143 e. The second-order valence-corrected chi connectivity index (χ2v) is 16.1. The molecule has 3 heterocycles. The van der Waals surface area contributed by atoms with E-state index < -0.39 is 0 Å². The second-order valence-electron chi connectivity index (χ2n) is 16.1. The molecular formula is C58H36N2O. The summed E-state index contributed by atoms with van der Waals surface area (Å²) in [5.74, 6) is 0. The number of aromatic nitrogens is 2. The van der Waals surface area contributed by atoms with Gasteiger partial charge in [-0.05, 0) is 111 Å². The molecule has 3 nitrogen and oxygen atoms in total. The first-order valence-electron chi connectivity index (χ1n) is 20.9. The Kier molecular flexibility index (Phi) is 7.31. The molecule has 0 atom stereocenters. The van der Waals surface area contributed by atoms with Crippen LogP contribution in [0.15, 0.2) is 223 Å². The van der Waals surface area contributed by atoms with Crippen molar-refractivity contribution < 1.29 is 4.42 Å². The molecule has 0 radical (unpaired) electrons. The molecule has 10 aromatic carbocycles. The number of furan rings is 1. The molecule has 0 unspecified atom stereocenters. The molecule has 0 aliphatic carbocycles. The molecule has 0 saturated heterocycles. The molecule has 0 amide bonds. The molecule has 0 N–H and O–H groups in total. The van der Waals surface area contributed by atoms with Crippen molar-refractivity contribution in [2.75, 3.05) is 0 Å². The zero-order chi connectivity index (χ0) is 40.0. The van der Waals surface area contributed by atoms with Crippen molar-refractivity contribution in [3.63, 3.8) is 0 Å². The predicted molar refractivity (Wildman–Crippen MR) is 256 cm³/mol. The van der Waals surface area contributed by atoms with Crippen LogP contribution in [0.25, 0.3) is 121 Å². The quantitative estimate of drug-likeness (QED) is 0.171. The van der Waals surface area contributed by atoms with Crippen LogP contribution in [0.3, 0.4) is 0 Å². The standard InChI is InChI=1S/C58H36N2O/c1-2-13-44(14-3-1)59-53-19-8-6-15-47(53)50-34-41(26-30-54(50)59)38-21-23-39(24-22-38)42-27-31-55-51(35-42)52-36-43(46-17-10-18-49-48-16-7-9-20-57(48)61-58(46)49)28-32-56(52)60(55)45-29-25-37-11-4-5-12-40(37)33-45/h1-36H. The van der Waals surface area contributed by atoms with Gasteiger partial charge in [0.2, 0.25) is 0 Å². The second kappa shape index (κ2) is 13.2. The summed E-state index contributed by atoms with van der Waals surface area (Å²) in [7, 11) is 0. The minimum atomic E-state index is 0.908. The Bertz CT molecular complexity index is 3860. The average Bonchev–Trinajstić information content (AvgIpc) is 3.99. The van der Waals surface area contributed by atoms with Crippen molar-refractivity contribution in [1.82, 2.24) is 9.13 Å². The summed E-state index contributed by atoms with van der Waals surface area (Å²) >= 11 is 0. The van der Waals surface area contributed by atoms with E-state index in [0.29, 0.717) is 0 Å². The normalized spacial score (nSPS) is 11.9. The lowest BCUT2D eigenvalue weighted by Crippen LogP contribution is -1.94. The smallest absolute Gasteiger partial charge is 0.143 e. The van der Waals surface area contributed by atoms with E-state index in [1.54, 1.807) is 0 Å². The Hall–Kier alpha value is -8.14. The maximum absolute atomic E-state index is 6.52. The fourth-order valence-corrected chi connectivity index (χ4v) is 9.80. The molecular weight excluding hydrogens is 741 g/mol. The third kappa shape index (κ3) is 5.24. The molecule has 0 fully saturated rings. The third-order valence-corrected chi connectivity index (χ3v) is 12.7. The summed E-state index contributed by atoms with van der Waals surface area (Å²) in [6.07, 6.45) is 0. The van der Waals surface area contributed by atoms with E-state index in [1.165, 1.54) is 82.3 Å². The van der Waals surface area contributed by atoms with Crippen molar-refractivity contribution in [2.45, 2.75) is 0 Å². The Morgan fingerprint density at radius 3 is 1.54 bits per heavy atom. The number of hydrogen-bond donors (Lipinski definition) is 0. The van der Waals surface area contributed by atoms with E-state index in [2.05, 4.69) is 221 Å². The molecule has 0 saturated carbocycles. The van der Waals surface area contributed by atoms with Gasteiger partial charge in [0, 0.05) is 49.3 Å². The van der Waals surface area contributed by atoms with Gasteiger partial charge in [-0.25, -0.2) is 0 Å². The van der Waals surface area contributed by atoms with E-state index in [9.17, 15) is 0 Å². The SMILES string of the molecule is c1ccc(-n2c3ccccc3c3cc(-c4ccc(-c5ccc6c(c5)c5cc(-c7cccc8c7oc7ccccc78)ccc5n6-c5ccc6ccccc6c5)cc4)ccc32)cc1. The van der Waals surface area contributed by atoms with Gasteiger partial charge in [0.15, 0.2) is 0 Å². The topological polar surface area (TPSA) is 23.0 Å². The van der Waals surface area contributed by atoms with Crippen LogP contribution in [-0.2, 0) is 0 Å². The van der Waals surface area contributed by atoms with Crippen LogP contribution < -0.4 is 0 Å². The summed E-state index contributed by atoms with van der Waals surface area (Å²) in [6.45, 7) is 0. The molecule has 13 rings (SSSR count). The van der Waals surface area contributed by atoms with Gasteiger partial charge in [-0.15, -0.1) is 0 Å². The summed E-state index contributed by atoms with van der Waals surface area (Å²) in [5.41, 5.74) is 15.9. The first-order valence-corrected chi connectivity index (χ1v) is 20.9. The number of hydrogen-bond acceptors (Lipinski definition) is 1. The van der Waals surface area contributed by atoms with E-state index in [-0.39, 0.29) is 0 Å². The number of para-hydroxylation sites is 4. The van der Waals surface area contributed by atoms with Crippen molar-refractivity contribution in [3.05, 3.63) is 218 Å². The van der Waals surface area contributed by atoms with E-state index in [1.807, 2.05) is 6.07 Å². The highest BCUT2D eigenvalue weighted by molar-refractivity contribution is 6.14. The van der Waals surface area contributed by atoms with Gasteiger partial charge in [0.05, 0.1) is 22.1 Å². The van der Waals surface area contributed by atoms with Gasteiger partial charge in [-0.2, -0.15) is 0 Å². The first-order chi connectivity index (χ1) is 30.2. The van der Waals surface area contributed by atoms with E-state index >= 15 is 0 Å². The van der Waals surface area contributed by atoms with Crippen LogP contribution >= 0.6 is 0 Å². The first kappa shape index (κ1) is 33.8. The van der Waals surface area contributed by atoms with Gasteiger partial charge < -0.3 is 13.6 Å². The average molecular weight is 777 g/mol. The summed E-state index contributed by atoms with van der Waals surface area (Å²) in [6, 6.07) is 79.3. The van der Waals surface area contributed by atoms with Gasteiger partial charge in [0.1, 0.15) is 11.2 Å². The lowest BCUT2D eigenvalue weighted by molar-refractivity contribution is 0.670. The fourth-order valence-electron chi connectivity index (χ4n) is 9.80. The van der Waals surface area contributed by atoms with Crippen molar-refractivity contribution >= 4 is 76.3 Å². The molecule has 0 aliphatic rings. The van der Waals surface area contributed by atoms with E-state index in [0.717, 1.165) is 38.8 Å². The van der Waals surface area contributed by atoms with E-state index in [4.69, 9.17) is 4.42 Å². The van der Waals surface area contributed by atoms with Crippen molar-refractivity contribution in [2.24, 2.45) is 0 Å². The molecule has 3 heteroatoms. The Morgan fingerprint density at radius 1 is 0.279 bits per heavy atom. The Morgan fingerprint density at radius 2 is 0.803 bits per heavy atom. The Balaban J connectivity index is 0.946. The van der Waals surface area contributed by atoms with Crippen LogP contribution in [0, 0.1) is 0 Å². The number of rotatable bonds is 5. The number of fused-ring (bicyclic) bond motifs is 10. The molecule has 0 aliphatic heterocycles. The van der Waals surface area contributed by atoms with Crippen LogP contribution in [0.4, 0.5) is 0 Å². The zero-order valence-electron chi connectivity index (χ0n) is 33.1. The summed E-state index contributed by atoms with van der Waals surface area (Å²) < 4.78 is 11.3. The monoisotopic (exact) mass is 776 g/mol. The van der Waals surface area contributed by atoms with Gasteiger partial charge >= 0.3 is 0 Å². The molecule has 0 bridgehead atoms. The highest BCUT2D eigenvalue weighted by Crippen LogP contribution is 2.41. The molecule has 61 heavy (non-hydrogen) atoms. The lowest BCUT2D eigenvalue weighted by atomic mass is 9.97. The molecule has 13 aromatic rings. The highest BCUT2D eigenvalue weighted by atomic mass is 16.3. The molecule has 284 valence electrons. The highest BCUT2D eigenvalue weighted by Gasteiger charge is 2.18. The zero-order valence-corrected chi connectivity index (χ0v) is 33.1. The predicted octanol–water partition coefficient (Wildman–Crippen LogP) is 15.9. The summed E-state index contributed by atoms with van der Waals surface area (Å²) in [5, 5.41) is 9.66. The van der Waals surface area contributed by atoms with Crippen molar-refractivity contribution in [3.8, 4) is 44.8 Å². The van der Waals surface area contributed by atoms with Crippen LogP contribution in [0.5, 0.6) is 0 Å². The number of nitrogens with zero attached hydrogens (tertiary/aromatic N) is 2. The van der Waals surface area contributed by atoms with Crippen LogP contribution in [-0.4, -0.2) is 9.13 Å².